The molecule has 0 N–H and O–H groups in total. The Morgan fingerprint density at radius 2 is 2.00 bits per heavy atom. The van der Waals surface area contributed by atoms with E-state index >= 15 is 0 Å². The lowest BCUT2D eigenvalue weighted by Gasteiger charge is -2.17. The van der Waals surface area contributed by atoms with E-state index in [-0.39, 0.29) is 0 Å². The minimum absolute atomic E-state index is 1.01. The van der Waals surface area contributed by atoms with Crippen LogP contribution in [0.15, 0.2) is 54.8 Å². The van der Waals surface area contributed by atoms with Gasteiger partial charge >= 0.3 is 0 Å². The van der Waals surface area contributed by atoms with Crippen molar-refractivity contribution in [3.05, 3.63) is 54.8 Å². The summed E-state index contributed by atoms with van der Waals surface area (Å²) in [6.07, 6.45) is 11.8. The Morgan fingerprint density at radius 3 is 2.82 bits per heavy atom. The Labute approximate surface area is 103 Å². The summed E-state index contributed by atoms with van der Waals surface area (Å²) >= 11 is 0. The van der Waals surface area contributed by atoms with Crippen LogP contribution in [0.25, 0.3) is 0 Å². The number of rotatable bonds is 4. The van der Waals surface area contributed by atoms with E-state index in [9.17, 15) is 0 Å². The second kappa shape index (κ2) is 6.04. The first-order chi connectivity index (χ1) is 8.36. The first-order valence-electron chi connectivity index (χ1n) is 6.05. The second-order valence-electron chi connectivity index (χ2n) is 4.19. The zero-order valence-corrected chi connectivity index (χ0v) is 10.3. The van der Waals surface area contributed by atoms with Crippen molar-refractivity contribution in [2.75, 3.05) is 25.0 Å². The van der Waals surface area contributed by atoms with Gasteiger partial charge in [-0.1, -0.05) is 24.3 Å². The van der Waals surface area contributed by atoms with Gasteiger partial charge in [0.1, 0.15) is 0 Å². The molecule has 0 aromatic heterocycles. The van der Waals surface area contributed by atoms with E-state index in [1.807, 2.05) is 6.07 Å². The Hall–Kier alpha value is -1.83. The van der Waals surface area contributed by atoms with Gasteiger partial charge in [0.15, 0.2) is 19.0 Å². The van der Waals surface area contributed by atoms with E-state index in [4.69, 9.17) is 0 Å². The molecule has 1 aliphatic rings. The van der Waals surface area contributed by atoms with Gasteiger partial charge in [-0.2, -0.15) is 0 Å². The van der Waals surface area contributed by atoms with Gasteiger partial charge in [0.2, 0.25) is 0 Å². The fourth-order valence-electron chi connectivity index (χ4n) is 1.80. The monoisotopic (exact) mass is 227 g/mol. The quantitative estimate of drug-likeness (QED) is 0.717. The predicted molar refractivity (Wildman–Crippen MR) is 73.8 cm³/mol. The van der Waals surface area contributed by atoms with E-state index in [1.54, 1.807) is 0 Å². The standard InChI is InChI=1S/C15H19N2/c1-16(15-9-5-4-6-10-15)13-14-17-11-7-2-3-8-12-17/h2,4-12H,3,13-14H2,1H3/q+1. The van der Waals surface area contributed by atoms with Gasteiger partial charge in [0, 0.05) is 12.7 Å². The average Bonchev–Trinajstić information content (AvgIpc) is 2.65. The number of para-hydroxylation sites is 1. The molecule has 0 radical (unpaired) electrons. The molecule has 88 valence electrons. The Bertz CT molecular complexity index is 429. The fraction of sp³-hybridized carbons (Fsp3) is 0.267. The summed E-state index contributed by atoms with van der Waals surface area (Å²) in [5.74, 6) is 0. The zero-order chi connectivity index (χ0) is 11.9. The molecule has 0 bridgehead atoms. The Balaban J connectivity index is 1.90. The van der Waals surface area contributed by atoms with Crippen molar-refractivity contribution in [2.24, 2.45) is 0 Å². The third-order valence-electron chi connectivity index (χ3n) is 2.87. The van der Waals surface area contributed by atoms with Crippen LogP contribution in [0.2, 0.25) is 0 Å². The number of nitrogens with zero attached hydrogens (tertiary/aromatic N) is 2. The van der Waals surface area contributed by atoms with E-state index in [2.05, 4.69) is 71.4 Å². The van der Waals surface area contributed by atoms with Gasteiger partial charge in [0.25, 0.3) is 0 Å². The molecule has 1 aliphatic heterocycles. The van der Waals surface area contributed by atoms with E-state index in [1.165, 1.54) is 5.69 Å². The molecule has 0 atom stereocenters. The Morgan fingerprint density at radius 1 is 1.18 bits per heavy atom. The van der Waals surface area contributed by atoms with Crippen LogP contribution in [0.4, 0.5) is 5.69 Å². The van der Waals surface area contributed by atoms with Crippen LogP contribution in [0, 0.1) is 0 Å². The van der Waals surface area contributed by atoms with Crippen LogP contribution in [-0.2, 0) is 0 Å². The summed E-state index contributed by atoms with van der Waals surface area (Å²) in [6, 6.07) is 10.5. The minimum atomic E-state index is 1.01. The van der Waals surface area contributed by atoms with Crippen LogP contribution in [0.5, 0.6) is 0 Å². The van der Waals surface area contributed by atoms with Crippen molar-refractivity contribution in [3.63, 3.8) is 0 Å². The van der Waals surface area contributed by atoms with Crippen molar-refractivity contribution in [1.82, 2.24) is 0 Å². The topological polar surface area (TPSA) is 6.25 Å². The summed E-state index contributed by atoms with van der Waals surface area (Å²) in [7, 11) is 2.13. The normalized spacial score (nSPS) is 14.3. The highest BCUT2D eigenvalue weighted by Crippen LogP contribution is 2.10. The average molecular weight is 227 g/mol. The first kappa shape index (κ1) is 11.6. The van der Waals surface area contributed by atoms with Crippen molar-refractivity contribution in [1.29, 1.82) is 0 Å². The maximum atomic E-state index is 2.27. The molecule has 0 saturated carbocycles. The number of hydrogen-bond donors (Lipinski definition) is 0. The molecule has 0 unspecified atom stereocenters. The summed E-state index contributed by atoms with van der Waals surface area (Å²) in [6.45, 7) is 2.02. The molecule has 2 rings (SSSR count). The van der Waals surface area contributed by atoms with Crippen molar-refractivity contribution in [2.45, 2.75) is 6.42 Å². The van der Waals surface area contributed by atoms with Gasteiger partial charge in [-0.25, -0.2) is 4.58 Å². The second-order valence-corrected chi connectivity index (χ2v) is 4.19. The number of benzene rings is 1. The fourth-order valence-corrected chi connectivity index (χ4v) is 1.80. The van der Waals surface area contributed by atoms with Crippen molar-refractivity contribution >= 4 is 11.9 Å². The van der Waals surface area contributed by atoms with Crippen LogP contribution >= 0.6 is 0 Å². The van der Waals surface area contributed by atoms with E-state index < -0.39 is 0 Å². The molecule has 0 saturated heterocycles. The largest absolute Gasteiger partial charge is 0.368 e. The summed E-state index contributed by atoms with van der Waals surface area (Å²) in [4.78, 5) is 2.27. The van der Waals surface area contributed by atoms with Crippen LogP contribution in [-0.4, -0.2) is 30.9 Å². The lowest BCUT2D eigenvalue weighted by atomic mass is 10.3. The number of anilines is 1. The summed E-state index contributed by atoms with van der Waals surface area (Å²) in [5.41, 5.74) is 1.27. The van der Waals surface area contributed by atoms with Gasteiger partial charge in [0.05, 0.1) is 6.54 Å². The predicted octanol–water partition coefficient (Wildman–Crippen LogP) is 2.68. The van der Waals surface area contributed by atoms with Crippen molar-refractivity contribution in [3.8, 4) is 0 Å². The summed E-state index contributed by atoms with van der Waals surface area (Å²) < 4.78 is 2.23. The molecule has 0 spiro atoms. The molecule has 2 heteroatoms. The highest BCUT2D eigenvalue weighted by atomic mass is 15.1. The SMILES string of the molecule is CN(CC[N+]1=CC=CCC=C1)c1ccccc1. The molecule has 1 heterocycles. The molecule has 17 heavy (non-hydrogen) atoms. The highest BCUT2D eigenvalue weighted by molar-refractivity contribution is 5.66. The molecule has 1 aromatic rings. The molecule has 0 amide bonds. The maximum absolute atomic E-state index is 2.27. The molecule has 0 fully saturated rings. The highest BCUT2D eigenvalue weighted by Gasteiger charge is 2.04. The van der Waals surface area contributed by atoms with Crippen molar-refractivity contribution < 1.29 is 4.58 Å². The van der Waals surface area contributed by atoms with E-state index in [0.717, 1.165) is 19.5 Å². The Kier molecular flexibility index (Phi) is 4.14. The molecular weight excluding hydrogens is 208 g/mol. The van der Waals surface area contributed by atoms with Crippen LogP contribution in [0.3, 0.4) is 0 Å². The molecule has 1 aromatic carbocycles. The number of hydrogen-bond acceptors (Lipinski definition) is 1. The third-order valence-corrected chi connectivity index (χ3v) is 2.87. The molecule has 2 nitrogen and oxygen atoms in total. The minimum Gasteiger partial charge on any atom is -0.368 e. The molecule has 0 aliphatic carbocycles. The van der Waals surface area contributed by atoms with Crippen LogP contribution in [0.1, 0.15) is 6.42 Å². The number of allylic oxidation sites excluding steroid dienone is 3. The lowest BCUT2D eigenvalue weighted by Crippen LogP contribution is -2.25. The third kappa shape index (κ3) is 3.59. The first-order valence-corrected chi connectivity index (χ1v) is 6.05. The smallest absolute Gasteiger partial charge is 0.168 e. The lowest BCUT2D eigenvalue weighted by molar-refractivity contribution is -0.448. The zero-order valence-electron chi connectivity index (χ0n) is 10.3. The van der Waals surface area contributed by atoms with Crippen LogP contribution < -0.4 is 4.90 Å². The van der Waals surface area contributed by atoms with E-state index in [0.29, 0.717) is 0 Å². The van der Waals surface area contributed by atoms with Gasteiger partial charge in [-0.3, -0.25) is 0 Å². The summed E-state index contributed by atoms with van der Waals surface area (Å²) in [5, 5.41) is 0. The van der Waals surface area contributed by atoms with Gasteiger partial charge in [-0.05, 0) is 30.7 Å². The van der Waals surface area contributed by atoms with Gasteiger partial charge in [-0.15, -0.1) is 0 Å². The molecular formula is C15H19N2+. The van der Waals surface area contributed by atoms with Gasteiger partial charge < -0.3 is 4.90 Å². The maximum Gasteiger partial charge on any atom is 0.168 e. The number of likely N-dealkylation sites (N-methyl/N-ethyl adjacent to an activating group) is 1.